The Balaban J connectivity index is 2.63. The molecule has 0 spiro atoms. The summed E-state index contributed by atoms with van der Waals surface area (Å²) in [4.78, 5) is 10.6. The molecule has 0 saturated heterocycles. The molecule has 74 valence electrons. The van der Waals surface area contributed by atoms with Crippen LogP contribution in [-0.2, 0) is 4.79 Å². The summed E-state index contributed by atoms with van der Waals surface area (Å²) in [5, 5.41) is 6.61. The molecule has 1 aromatic heterocycles. The number of H-pyrrole nitrogens is 1. The van der Waals surface area contributed by atoms with Gasteiger partial charge in [-0.3, -0.25) is 9.89 Å². The molecule has 0 aromatic carbocycles. The number of nitrogens with two attached hydrogens (primary N) is 1. The van der Waals surface area contributed by atoms with Crippen LogP contribution in [0.15, 0.2) is 0 Å². The number of anilines is 1. The maximum absolute atomic E-state index is 10.6. The van der Waals surface area contributed by atoms with E-state index in [-0.39, 0.29) is 5.12 Å². The summed E-state index contributed by atoms with van der Waals surface area (Å²) in [6.07, 6.45) is 0. The van der Waals surface area contributed by atoms with E-state index in [0.717, 1.165) is 5.69 Å². The van der Waals surface area contributed by atoms with Crippen molar-refractivity contribution in [3.05, 3.63) is 11.3 Å². The number of nitrogens with zero attached hydrogens (tertiary/aromatic N) is 1. The molecule has 0 aliphatic carbocycles. The largest absolute Gasteiger partial charge is 0.381 e. The summed E-state index contributed by atoms with van der Waals surface area (Å²) in [5.41, 5.74) is 7.13. The maximum Gasteiger partial charge on any atom is 0.186 e. The van der Waals surface area contributed by atoms with Crippen molar-refractivity contribution < 1.29 is 4.79 Å². The van der Waals surface area contributed by atoms with Gasteiger partial charge >= 0.3 is 0 Å². The van der Waals surface area contributed by atoms with E-state index in [0.29, 0.717) is 17.1 Å². The zero-order valence-corrected chi connectivity index (χ0v) is 8.86. The van der Waals surface area contributed by atoms with Crippen LogP contribution in [0.4, 0.5) is 5.82 Å². The molecular weight excluding hydrogens is 198 g/mol. The minimum atomic E-state index is 0.0659. The third-order valence-electron chi connectivity index (χ3n) is 1.54. The lowest BCUT2D eigenvalue weighted by atomic mass is 10.2. The molecule has 0 radical (unpaired) electrons. The Morgan fingerprint density at radius 1 is 1.71 bits per heavy atom. The highest BCUT2D eigenvalue weighted by molar-refractivity contribution is 8.13. The minimum Gasteiger partial charge on any atom is -0.381 e. The van der Waals surface area contributed by atoms with Crippen molar-refractivity contribution in [1.82, 2.24) is 10.2 Å². The van der Waals surface area contributed by atoms with Crippen LogP contribution in [0, 0.1) is 18.8 Å². The number of hydrogen-bond donors (Lipinski definition) is 2. The molecule has 0 unspecified atom stereocenters. The molecular formula is C9H11N3OS. The second-order valence-corrected chi connectivity index (χ2v) is 3.84. The van der Waals surface area contributed by atoms with Crippen LogP contribution >= 0.6 is 11.8 Å². The van der Waals surface area contributed by atoms with Gasteiger partial charge in [0.2, 0.25) is 0 Å². The minimum absolute atomic E-state index is 0.0659. The van der Waals surface area contributed by atoms with E-state index >= 15 is 0 Å². The quantitative estimate of drug-likeness (QED) is 0.675. The van der Waals surface area contributed by atoms with Gasteiger partial charge in [-0.2, -0.15) is 5.10 Å². The van der Waals surface area contributed by atoms with Gasteiger partial charge in [0.25, 0.3) is 0 Å². The number of nitrogen functional groups attached to an aromatic ring is 1. The van der Waals surface area contributed by atoms with Crippen molar-refractivity contribution in [3.63, 3.8) is 0 Å². The number of carbonyl (C=O) groups is 1. The topological polar surface area (TPSA) is 71.8 Å². The molecule has 0 bridgehead atoms. The summed E-state index contributed by atoms with van der Waals surface area (Å²) in [7, 11) is 0. The third-order valence-corrected chi connectivity index (χ3v) is 2.23. The molecule has 0 aliphatic rings. The van der Waals surface area contributed by atoms with Gasteiger partial charge in [0, 0.05) is 12.6 Å². The Morgan fingerprint density at radius 3 is 2.93 bits per heavy atom. The number of nitrogens with one attached hydrogen (secondary N) is 1. The molecule has 5 heteroatoms. The fourth-order valence-electron chi connectivity index (χ4n) is 0.868. The SMILES string of the molecule is CC(=O)SCC#Cc1c(N)n[nH]c1C. The predicted octanol–water partition coefficient (Wildman–Crippen LogP) is 0.932. The van der Waals surface area contributed by atoms with Crippen LogP contribution < -0.4 is 5.73 Å². The van der Waals surface area contributed by atoms with Crippen molar-refractivity contribution in [1.29, 1.82) is 0 Å². The number of aryl methyl sites for hydroxylation is 1. The average Bonchev–Trinajstić information content (AvgIpc) is 2.42. The number of rotatable bonds is 1. The van der Waals surface area contributed by atoms with Gasteiger partial charge in [-0.25, -0.2) is 0 Å². The van der Waals surface area contributed by atoms with E-state index in [1.807, 2.05) is 6.92 Å². The fourth-order valence-corrected chi connectivity index (χ4v) is 1.22. The second kappa shape index (κ2) is 4.72. The molecule has 0 saturated carbocycles. The maximum atomic E-state index is 10.6. The monoisotopic (exact) mass is 209 g/mol. The highest BCUT2D eigenvalue weighted by atomic mass is 32.2. The Bertz CT molecular complexity index is 380. The van der Waals surface area contributed by atoms with E-state index in [1.165, 1.54) is 18.7 Å². The highest BCUT2D eigenvalue weighted by Gasteiger charge is 2.02. The van der Waals surface area contributed by atoms with Crippen LogP contribution in [0.25, 0.3) is 0 Å². The lowest BCUT2D eigenvalue weighted by Gasteiger charge is -1.87. The Hall–Kier alpha value is -1.41. The molecule has 1 aromatic rings. The summed E-state index contributed by atoms with van der Waals surface area (Å²) >= 11 is 1.18. The van der Waals surface area contributed by atoms with E-state index in [2.05, 4.69) is 22.0 Å². The van der Waals surface area contributed by atoms with E-state index in [9.17, 15) is 4.79 Å². The van der Waals surface area contributed by atoms with Gasteiger partial charge in [0.1, 0.15) is 0 Å². The van der Waals surface area contributed by atoms with E-state index in [1.54, 1.807) is 0 Å². The fraction of sp³-hybridized carbons (Fsp3) is 0.333. The third kappa shape index (κ3) is 2.82. The van der Waals surface area contributed by atoms with Gasteiger partial charge in [0.05, 0.1) is 11.3 Å². The first-order valence-electron chi connectivity index (χ1n) is 4.04. The molecule has 0 atom stereocenters. The van der Waals surface area contributed by atoms with Crippen molar-refractivity contribution in [2.75, 3.05) is 11.5 Å². The zero-order valence-electron chi connectivity index (χ0n) is 8.05. The molecule has 1 heterocycles. The first-order chi connectivity index (χ1) is 6.61. The molecule has 1 rings (SSSR count). The van der Waals surface area contributed by atoms with Crippen LogP contribution in [-0.4, -0.2) is 21.1 Å². The Morgan fingerprint density at radius 2 is 2.43 bits per heavy atom. The summed E-state index contributed by atoms with van der Waals surface area (Å²) in [6.45, 7) is 3.37. The van der Waals surface area contributed by atoms with Gasteiger partial charge in [-0.1, -0.05) is 23.6 Å². The first-order valence-corrected chi connectivity index (χ1v) is 5.02. The van der Waals surface area contributed by atoms with Gasteiger partial charge < -0.3 is 5.73 Å². The number of aromatic amines is 1. The Labute approximate surface area is 86.6 Å². The lowest BCUT2D eigenvalue weighted by Crippen LogP contribution is -1.88. The number of hydrogen-bond acceptors (Lipinski definition) is 4. The lowest BCUT2D eigenvalue weighted by molar-refractivity contribution is -0.109. The molecule has 14 heavy (non-hydrogen) atoms. The number of aromatic nitrogens is 2. The van der Waals surface area contributed by atoms with Gasteiger partial charge in [-0.05, 0) is 6.92 Å². The summed E-state index contributed by atoms with van der Waals surface area (Å²) < 4.78 is 0. The summed E-state index contributed by atoms with van der Waals surface area (Å²) in [6, 6.07) is 0. The first kappa shape index (κ1) is 10.7. The van der Waals surface area contributed by atoms with Crippen LogP contribution in [0.1, 0.15) is 18.2 Å². The van der Waals surface area contributed by atoms with Crippen molar-refractivity contribution >= 4 is 22.7 Å². The Kier molecular flexibility index (Phi) is 3.60. The highest BCUT2D eigenvalue weighted by Crippen LogP contribution is 2.09. The van der Waals surface area contributed by atoms with Crippen LogP contribution in [0.3, 0.4) is 0 Å². The van der Waals surface area contributed by atoms with Crippen molar-refractivity contribution in [2.24, 2.45) is 0 Å². The van der Waals surface area contributed by atoms with Crippen LogP contribution in [0.2, 0.25) is 0 Å². The number of carbonyl (C=O) groups excluding carboxylic acids is 1. The van der Waals surface area contributed by atoms with Crippen molar-refractivity contribution in [3.8, 4) is 11.8 Å². The molecule has 0 aliphatic heterocycles. The predicted molar refractivity (Wildman–Crippen MR) is 57.8 cm³/mol. The van der Waals surface area contributed by atoms with Gasteiger partial charge in [0.15, 0.2) is 10.9 Å². The van der Waals surface area contributed by atoms with Crippen LogP contribution in [0.5, 0.6) is 0 Å². The number of thioether (sulfide) groups is 1. The molecule has 0 fully saturated rings. The molecule has 0 amide bonds. The smallest absolute Gasteiger partial charge is 0.186 e. The molecule has 4 nitrogen and oxygen atoms in total. The molecule has 3 N–H and O–H groups in total. The average molecular weight is 209 g/mol. The second-order valence-electron chi connectivity index (χ2n) is 2.69. The zero-order chi connectivity index (χ0) is 10.6. The standard InChI is InChI=1S/C9H11N3OS/c1-6-8(9(10)12-11-6)4-3-5-14-7(2)13/h5H2,1-2H3,(H3,10,11,12). The van der Waals surface area contributed by atoms with E-state index in [4.69, 9.17) is 5.73 Å². The van der Waals surface area contributed by atoms with Crippen molar-refractivity contribution in [2.45, 2.75) is 13.8 Å². The normalized spacial score (nSPS) is 9.29. The van der Waals surface area contributed by atoms with E-state index < -0.39 is 0 Å². The van der Waals surface area contributed by atoms with Gasteiger partial charge in [-0.15, -0.1) is 0 Å². The summed E-state index contributed by atoms with van der Waals surface area (Å²) in [5.74, 6) is 6.62.